The Balaban J connectivity index is 1.67. The van der Waals surface area contributed by atoms with Crippen molar-refractivity contribution < 1.29 is 14.0 Å². The molecular formula is C20H24N2O3. The maximum Gasteiger partial charge on any atom is 0.296 e. The lowest BCUT2D eigenvalue weighted by atomic mass is 9.97. The van der Waals surface area contributed by atoms with E-state index in [1.807, 2.05) is 32.0 Å². The van der Waals surface area contributed by atoms with Crippen molar-refractivity contribution in [3.05, 3.63) is 35.1 Å². The van der Waals surface area contributed by atoms with Crippen LogP contribution in [0, 0.1) is 19.8 Å². The molecule has 5 heteroatoms. The minimum absolute atomic E-state index is 0.0382. The van der Waals surface area contributed by atoms with Crippen LogP contribution < -0.4 is 5.32 Å². The van der Waals surface area contributed by atoms with Crippen molar-refractivity contribution in [2.75, 3.05) is 13.1 Å². The number of hydrogen-bond acceptors (Lipinski definition) is 4. The van der Waals surface area contributed by atoms with Gasteiger partial charge in [0, 0.05) is 23.5 Å². The molecule has 2 amide bonds. The quantitative estimate of drug-likeness (QED) is 0.872. The number of benzene rings is 1. The van der Waals surface area contributed by atoms with Crippen LogP contribution in [0.5, 0.6) is 0 Å². The molecule has 1 atom stereocenters. The van der Waals surface area contributed by atoms with Crippen LogP contribution in [0.25, 0.3) is 11.0 Å². The molecule has 2 heterocycles. The van der Waals surface area contributed by atoms with Crippen LogP contribution in [0.3, 0.4) is 0 Å². The number of carbonyl (C=O) groups excluding carboxylic acids is 2. The van der Waals surface area contributed by atoms with Crippen molar-refractivity contribution >= 4 is 22.8 Å². The monoisotopic (exact) mass is 340 g/mol. The summed E-state index contributed by atoms with van der Waals surface area (Å²) >= 11 is 0. The molecule has 1 aliphatic carbocycles. The fourth-order valence-corrected chi connectivity index (χ4v) is 3.69. The summed E-state index contributed by atoms with van der Waals surface area (Å²) in [5.41, 5.74) is 2.65. The van der Waals surface area contributed by atoms with Crippen LogP contribution in [-0.4, -0.2) is 35.8 Å². The Morgan fingerprint density at radius 3 is 2.68 bits per heavy atom. The first-order valence-electron chi connectivity index (χ1n) is 9.14. The summed E-state index contributed by atoms with van der Waals surface area (Å²) < 4.78 is 5.85. The summed E-state index contributed by atoms with van der Waals surface area (Å²) in [5.74, 6) is -0.116. The van der Waals surface area contributed by atoms with E-state index in [4.69, 9.17) is 4.42 Å². The van der Waals surface area contributed by atoms with Crippen molar-refractivity contribution in [3.63, 3.8) is 0 Å². The lowest BCUT2D eigenvalue weighted by Crippen LogP contribution is -2.46. The molecule has 1 unspecified atom stereocenters. The summed E-state index contributed by atoms with van der Waals surface area (Å²) in [4.78, 5) is 27.7. The number of nitrogens with zero attached hydrogens (tertiary/aromatic N) is 1. The van der Waals surface area contributed by atoms with Crippen LogP contribution in [0.15, 0.2) is 22.6 Å². The zero-order valence-electron chi connectivity index (χ0n) is 14.8. The lowest BCUT2D eigenvalue weighted by molar-refractivity contribution is -0.133. The van der Waals surface area contributed by atoms with Gasteiger partial charge in [-0.15, -0.1) is 0 Å². The number of nitrogens with one attached hydrogen (secondary N) is 1. The van der Waals surface area contributed by atoms with Gasteiger partial charge in [0.25, 0.3) is 5.91 Å². The van der Waals surface area contributed by atoms with Gasteiger partial charge in [-0.25, -0.2) is 0 Å². The van der Waals surface area contributed by atoms with E-state index in [1.54, 1.807) is 0 Å². The summed E-state index contributed by atoms with van der Waals surface area (Å²) in [7, 11) is 0. The highest BCUT2D eigenvalue weighted by Crippen LogP contribution is 2.33. The van der Waals surface area contributed by atoms with E-state index in [1.165, 1.54) is 4.90 Å². The van der Waals surface area contributed by atoms with Crippen molar-refractivity contribution in [2.24, 2.45) is 5.92 Å². The fourth-order valence-electron chi connectivity index (χ4n) is 3.69. The number of fused-ring (bicyclic) bond motifs is 1. The van der Waals surface area contributed by atoms with Gasteiger partial charge in [0.1, 0.15) is 5.58 Å². The minimum Gasteiger partial charge on any atom is -0.451 e. The van der Waals surface area contributed by atoms with Gasteiger partial charge in [0.15, 0.2) is 5.76 Å². The molecule has 0 bridgehead atoms. The molecule has 1 aromatic carbocycles. The number of amides is 2. The van der Waals surface area contributed by atoms with Gasteiger partial charge in [-0.05, 0) is 58.2 Å². The van der Waals surface area contributed by atoms with E-state index < -0.39 is 0 Å². The van der Waals surface area contributed by atoms with Gasteiger partial charge in [0.2, 0.25) is 5.91 Å². The first-order chi connectivity index (χ1) is 12.1. The number of imide groups is 1. The molecule has 2 aromatic rings. The largest absolute Gasteiger partial charge is 0.451 e. The summed E-state index contributed by atoms with van der Waals surface area (Å²) in [6.07, 6.45) is 3.62. The normalized spacial score (nSPS) is 20.6. The molecule has 0 radical (unpaired) electrons. The number of hydrogen-bond donors (Lipinski definition) is 1. The Morgan fingerprint density at radius 1 is 1.20 bits per heavy atom. The molecule has 1 saturated heterocycles. The second kappa shape index (κ2) is 6.30. The first-order valence-corrected chi connectivity index (χ1v) is 9.14. The van der Waals surface area contributed by atoms with Crippen molar-refractivity contribution in [1.82, 2.24) is 10.2 Å². The van der Waals surface area contributed by atoms with Gasteiger partial charge in [0.05, 0.1) is 5.92 Å². The third kappa shape index (κ3) is 2.97. The number of rotatable bonds is 3. The number of furan rings is 1. The molecule has 25 heavy (non-hydrogen) atoms. The highest BCUT2D eigenvalue weighted by atomic mass is 16.3. The number of carbonyl (C=O) groups is 2. The Labute approximate surface area is 147 Å². The third-order valence-electron chi connectivity index (χ3n) is 5.30. The van der Waals surface area contributed by atoms with Crippen LogP contribution in [0.2, 0.25) is 0 Å². The second-order valence-corrected chi connectivity index (χ2v) is 7.34. The zero-order valence-corrected chi connectivity index (χ0v) is 14.8. The second-order valence-electron chi connectivity index (χ2n) is 7.34. The Kier molecular flexibility index (Phi) is 4.12. The number of piperidine rings is 1. The van der Waals surface area contributed by atoms with Gasteiger partial charge in [-0.3, -0.25) is 14.5 Å². The molecular weight excluding hydrogens is 316 g/mol. The predicted molar refractivity (Wildman–Crippen MR) is 95.5 cm³/mol. The smallest absolute Gasteiger partial charge is 0.296 e. The minimum atomic E-state index is -0.274. The summed E-state index contributed by atoms with van der Waals surface area (Å²) in [5, 5.41) is 4.22. The molecule has 4 rings (SSSR count). The lowest BCUT2D eigenvalue weighted by Gasteiger charge is -2.28. The van der Waals surface area contributed by atoms with E-state index >= 15 is 0 Å². The van der Waals surface area contributed by atoms with E-state index in [0.717, 1.165) is 48.7 Å². The van der Waals surface area contributed by atoms with Crippen LogP contribution in [-0.2, 0) is 4.79 Å². The van der Waals surface area contributed by atoms with Gasteiger partial charge >= 0.3 is 0 Å². The van der Waals surface area contributed by atoms with E-state index in [0.29, 0.717) is 17.9 Å². The van der Waals surface area contributed by atoms with E-state index in [-0.39, 0.29) is 23.8 Å². The topological polar surface area (TPSA) is 62.6 Å². The third-order valence-corrected chi connectivity index (χ3v) is 5.30. The molecule has 1 N–H and O–H groups in total. The SMILES string of the molecule is Cc1ccc2oc(C(=O)N(C(=O)C3CCCNC3)C3CC3)c(C)c2c1. The van der Waals surface area contributed by atoms with Crippen molar-refractivity contribution in [1.29, 1.82) is 0 Å². The average Bonchev–Trinajstić information content (AvgIpc) is 3.40. The molecule has 2 aliphatic rings. The summed E-state index contributed by atoms with van der Waals surface area (Å²) in [6.45, 7) is 5.52. The van der Waals surface area contributed by atoms with Crippen molar-refractivity contribution in [2.45, 2.75) is 45.6 Å². The maximum absolute atomic E-state index is 13.2. The summed E-state index contributed by atoms with van der Waals surface area (Å²) in [6, 6.07) is 5.93. The highest BCUT2D eigenvalue weighted by Gasteiger charge is 2.42. The van der Waals surface area contributed by atoms with Gasteiger partial charge in [-0.2, -0.15) is 0 Å². The first kappa shape index (κ1) is 16.3. The number of aryl methyl sites for hydroxylation is 2. The Morgan fingerprint density at radius 2 is 2.00 bits per heavy atom. The van der Waals surface area contributed by atoms with Gasteiger partial charge < -0.3 is 9.73 Å². The molecule has 2 fully saturated rings. The Bertz CT molecular complexity index is 829. The standard InChI is InChI=1S/C20H24N2O3/c1-12-5-8-17-16(10-12)13(2)18(25-17)20(24)22(15-6-7-15)19(23)14-4-3-9-21-11-14/h5,8,10,14-15,21H,3-4,6-7,9,11H2,1-2H3. The van der Waals surface area contributed by atoms with Crippen molar-refractivity contribution in [3.8, 4) is 0 Å². The molecule has 1 aromatic heterocycles. The highest BCUT2D eigenvalue weighted by molar-refractivity contribution is 6.07. The van der Waals surface area contributed by atoms with Crippen LogP contribution in [0.1, 0.15) is 47.4 Å². The molecule has 1 aliphatic heterocycles. The molecule has 132 valence electrons. The molecule has 5 nitrogen and oxygen atoms in total. The maximum atomic E-state index is 13.2. The van der Waals surface area contributed by atoms with Crippen LogP contribution in [0.4, 0.5) is 0 Å². The van der Waals surface area contributed by atoms with Gasteiger partial charge in [-0.1, -0.05) is 11.6 Å². The zero-order chi connectivity index (χ0) is 17.6. The molecule has 1 saturated carbocycles. The van der Waals surface area contributed by atoms with Crippen LogP contribution >= 0.6 is 0 Å². The fraction of sp³-hybridized carbons (Fsp3) is 0.500. The predicted octanol–water partition coefficient (Wildman–Crippen LogP) is 3.18. The van der Waals surface area contributed by atoms with E-state index in [9.17, 15) is 9.59 Å². The average molecular weight is 340 g/mol. The Hall–Kier alpha value is -2.14. The molecule has 0 spiro atoms. The van der Waals surface area contributed by atoms with E-state index in [2.05, 4.69) is 5.32 Å².